The number of hydrogen-bond acceptors (Lipinski definition) is 2. The van der Waals surface area contributed by atoms with Crippen LogP contribution in [0.4, 0.5) is 8.78 Å². The molecular formula is C16H16BrF2NS. The fourth-order valence-corrected chi connectivity index (χ4v) is 3.25. The lowest BCUT2D eigenvalue weighted by Gasteiger charge is -2.19. The first-order valence-corrected chi connectivity index (χ1v) is 8.44. The van der Waals surface area contributed by atoms with Gasteiger partial charge in [-0.05, 0) is 49.0 Å². The minimum atomic E-state index is -0.414. The maximum atomic E-state index is 13.9. The molecule has 0 aliphatic rings. The van der Waals surface area contributed by atoms with Gasteiger partial charge in [-0.3, -0.25) is 0 Å². The average molecular weight is 372 g/mol. The Hall–Kier alpha value is -0.910. The van der Waals surface area contributed by atoms with Crippen molar-refractivity contribution in [3.63, 3.8) is 0 Å². The average Bonchev–Trinajstić information content (AvgIpc) is 2.48. The standard InChI is InChI=1S/C16H16BrF2NS/c1-2-20-16(14-9-12(18)5-8-15(14)19)10-21-13-6-3-11(17)4-7-13/h3-9,16,20H,2,10H2,1H3. The van der Waals surface area contributed by atoms with Crippen LogP contribution in [-0.2, 0) is 0 Å². The number of nitrogens with one attached hydrogen (secondary N) is 1. The third-order valence-corrected chi connectivity index (χ3v) is 4.65. The zero-order chi connectivity index (χ0) is 15.2. The second-order valence-corrected chi connectivity index (χ2v) is 6.55. The van der Waals surface area contributed by atoms with Crippen molar-refractivity contribution in [2.45, 2.75) is 17.9 Å². The molecule has 0 aliphatic heterocycles. The number of halogens is 3. The van der Waals surface area contributed by atoms with Crippen LogP contribution in [0.15, 0.2) is 51.8 Å². The number of hydrogen-bond donors (Lipinski definition) is 1. The third kappa shape index (κ3) is 4.80. The second-order valence-electron chi connectivity index (χ2n) is 4.54. The van der Waals surface area contributed by atoms with Crippen LogP contribution in [0.25, 0.3) is 0 Å². The van der Waals surface area contributed by atoms with E-state index >= 15 is 0 Å². The summed E-state index contributed by atoms with van der Waals surface area (Å²) in [5.74, 6) is -0.155. The van der Waals surface area contributed by atoms with Crippen LogP contribution >= 0.6 is 27.7 Å². The second kappa shape index (κ2) is 7.92. The number of thioether (sulfide) groups is 1. The zero-order valence-electron chi connectivity index (χ0n) is 11.6. The van der Waals surface area contributed by atoms with Crippen molar-refractivity contribution in [2.75, 3.05) is 12.3 Å². The summed E-state index contributed by atoms with van der Waals surface area (Å²) in [4.78, 5) is 1.10. The van der Waals surface area contributed by atoms with Gasteiger partial charge in [0.2, 0.25) is 0 Å². The highest BCUT2D eigenvalue weighted by Gasteiger charge is 2.16. The lowest BCUT2D eigenvalue weighted by molar-refractivity contribution is 0.533. The molecule has 1 nitrogen and oxygen atoms in total. The monoisotopic (exact) mass is 371 g/mol. The Kier molecular flexibility index (Phi) is 6.21. The highest BCUT2D eigenvalue weighted by molar-refractivity contribution is 9.10. The summed E-state index contributed by atoms with van der Waals surface area (Å²) in [7, 11) is 0. The molecule has 0 amide bonds. The van der Waals surface area contributed by atoms with Gasteiger partial charge in [-0.15, -0.1) is 11.8 Å². The molecule has 1 unspecified atom stereocenters. The first kappa shape index (κ1) is 16.5. The quantitative estimate of drug-likeness (QED) is 0.702. The normalized spacial score (nSPS) is 12.4. The predicted octanol–water partition coefficient (Wildman–Crippen LogP) is 5.17. The Labute approximate surface area is 136 Å². The van der Waals surface area contributed by atoms with Crippen LogP contribution in [0.2, 0.25) is 0 Å². The van der Waals surface area contributed by atoms with Crippen LogP contribution in [0.1, 0.15) is 18.5 Å². The van der Waals surface area contributed by atoms with Crippen molar-refractivity contribution in [1.82, 2.24) is 5.32 Å². The molecule has 0 saturated heterocycles. The summed E-state index contributed by atoms with van der Waals surface area (Å²) in [6.07, 6.45) is 0. The van der Waals surface area contributed by atoms with Crippen molar-refractivity contribution in [3.8, 4) is 0 Å². The molecule has 0 bridgehead atoms. The minimum absolute atomic E-state index is 0.223. The molecule has 2 aromatic rings. The molecule has 0 aromatic heterocycles. The van der Waals surface area contributed by atoms with Gasteiger partial charge in [0.1, 0.15) is 11.6 Å². The smallest absolute Gasteiger partial charge is 0.128 e. The summed E-state index contributed by atoms with van der Waals surface area (Å²) < 4.78 is 28.3. The molecule has 0 radical (unpaired) electrons. The van der Waals surface area contributed by atoms with E-state index in [0.717, 1.165) is 15.4 Å². The fraction of sp³-hybridized carbons (Fsp3) is 0.250. The molecule has 2 aromatic carbocycles. The Morgan fingerprint density at radius 2 is 1.86 bits per heavy atom. The Balaban J connectivity index is 2.11. The molecule has 0 aliphatic carbocycles. The van der Waals surface area contributed by atoms with Crippen LogP contribution in [0.5, 0.6) is 0 Å². The lowest BCUT2D eigenvalue weighted by atomic mass is 10.1. The molecule has 0 heterocycles. The maximum absolute atomic E-state index is 13.9. The van der Waals surface area contributed by atoms with E-state index in [1.54, 1.807) is 11.8 Å². The van der Waals surface area contributed by atoms with Crippen molar-refractivity contribution in [2.24, 2.45) is 0 Å². The molecule has 1 atom stereocenters. The van der Waals surface area contributed by atoms with E-state index in [4.69, 9.17) is 0 Å². The van der Waals surface area contributed by atoms with Gasteiger partial charge in [0.05, 0.1) is 0 Å². The molecule has 112 valence electrons. The Morgan fingerprint density at radius 1 is 1.14 bits per heavy atom. The van der Waals surface area contributed by atoms with E-state index in [1.807, 2.05) is 31.2 Å². The van der Waals surface area contributed by atoms with Gasteiger partial charge in [-0.1, -0.05) is 22.9 Å². The summed E-state index contributed by atoms with van der Waals surface area (Å²) in [6.45, 7) is 2.65. The molecule has 1 N–H and O–H groups in total. The highest BCUT2D eigenvalue weighted by atomic mass is 79.9. The number of rotatable bonds is 6. The largest absolute Gasteiger partial charge is 0.309 e. The topological polar surface area (TPSA) is 12.0 Å². The van der Waals surface area contributed by atoms with Gasteiger partial charge in [0.15, 0.2) is 0 Å². The molecule has 5 heteroatoms. The van der Waals surface area contributed by atoms with Crippen molar-refractivity contribution in [3.05, 3.63) is 64.1 Å². The Bertz CT molecular complexity index is 589. The molecule has 0 fully saturated rings. The van der Waals surface area contributed by atoms with E-state index in [-0.39, 0.29) is 11.9 Å². The lowest BCUT2D eigenvalue weighted by Crippen LogP contribution is -2.24. The first-order chi connectivity index (χ1) is 10.1. The van der Waals surface area contributed by atoms with Gasteiger partial charge in [0, 0.05) is 26.7 Å². The molecule has 21 heavy (non-hydrogen) atoms. The summed E-state index contributed by atoms with van der Waals surface area (Å²) >= 11 is 5.01. The summed E-state index contributed by atoms with van der Waals surface area (Å²) in [6, 6.07) is 11.3. The van der Waals surface area contributed by atoms with Gasteiger partial charge < -0.3 is 5.32 Å². The van der Waals surface area contributed by atoms with Gasteiger partial charge in [-0.25, -0.2) is 8.78 Å². The molecular weight excluding hydrogens is 356 g/mol. The summed E-state index contributed by atoms with van der Waals surface area (Å²) in [5, 5.41) is 3.21. The van der Waals surface area contributed by atoms with Crippen LogP contribution in [0, 0.1) is 11.6 Å². The summed E-state index contributed by atoms with van der Waals surface area (Å²) in [5.41, 5.74) is 0.376. The molecule has 0 saturated carbocycles. The molecule has 2 rings (SSSR count). The van der Waals surface area contributed by atoms with Crippen molar-refractivity contribution >= 4 is 27.7 Å². The van der Waals surface area contributed by atoms with Gasteiger partial charge in [-0.2, -0.15) is 0 Å². The van der Waals surface area contributed by atoms with Gasteiger partial charge >= 0.3 is 0 Å². The van der Waals surface area contributed by atoms with E-state index in [0.29, 0.717) is 17.9 Å². The maximum Gasteiger partial charge on any atom is 0.128 e. The van der Waals surface area contributed by atoms with Crippen LogP contribution < -0.4 is 5.32 Å². The van der Waals surface area contributed by atoms with Gasteiger partial charge in [0.25, 0.3) is 0 Å². The highest BCUT2D eigenvalue weighted by Crippen LogP contribution is 2.27. The zero-order valence-corrected chi connectivity index (χ0v) is 14.0. The predicted molar refractivity (Wildman–Crippen MR) is 87.6 cm³/mol. The Morgan fingerprint density at radius 3 is 2.52 bits per heavy atom. The van der Waals surface area contributed by atoms with Crippen LogP contribution in [0.3, 0.4) is 0 Å². The van der Waals surface area contributed by atoms with E-state index in [2.05, 4.69) is 21.2 Å². The SMILES string of the molecule is CCNC(CSc1ccc(Br)cc1)c1cc(F)ccc1F. The van der Waals surface area contributed by atoms with E-state index in [9.17, 15) is 8.78 Å². The van der Waals surface area contributed by atoms with Crippen molar-refractivity contribution < 1.29 is 8.78 Å². The third-order valence-electron chi connectivity index (χ3n) is 3.01. The van der Waals surface area contributed by atoms with Crippen molar-refractivity contribution in [1.29, 1.82) is 0 Å². The molecule has 0 spiro atoms. The van der Waals surface area contributed by atoms with E-state index < -0.39 is 5.82 Å². The minimum Gasteiger partial charge on any atom is -0.309 e. The number of benzene rings is 2. The van der Waals surface area contributed by atoms with E-state index in [1.165, 1.54) is 12.1 Å². The van der Waals surface area contributed by atoms with Crippen LogP contribution in [-0.4, -0.2) is 12.3 Å². The first-order valence-electron chi connectivity index (χ1n) is 6.67. The fourth-order valence-electron chi connectivity index (χ4n) is 2.00.